The summed E-state index contributed by atoms with van der Waals surface area (Å²) in [5.41, 5.74) is -2.51. The highest BCUT2D eigenvalue weighted by molar-refractivity contribution is 6.03. The molecule has 2 rings (SSSR count). The minimum Gasteiger partial charge on any atom is -0.365 e. The van der Waals surface area contributed by atoms with Gasteiger partial charge in [-0.3, -0.25) is 19.2 Å². The van der Waals surface area contributed by atoms with E-state index < -0.39 is 34.6 Å². The number of hydrogen-bond donors (Lipinski definition) is 2. The van der Waals surface area contributed by atoms with E-state index in [-0.39, 0.29) is 19.0 Å². The first-order chi connectivity index (χ1) is 18.9. The average molecular weight is 563 g/mol. The number of rotatable bonds is 8. The fourth-order valence-electron chi connectivity index (χ4n) is 6.28. The van der Waals surface area contributed by atoms with Gasteiger partial charge in [0.15, 0.2) is 0 Å². The van der Waals surface area contributed by atoms with Crippen LogP contribution in [-0.2, 0) is 24.0 Å². The summed E-state index contributed by atoms with van der Waals surface area (Å²) in [7, 11) is 1.87. The normalized spacial score (nSPS) is 22.6. The number of nitrogens with one attached hydrogen (secondary N) is 2. The Balaban J connectivity index is 2.36. The molecule has 9 heteroatoms. The van der Waals surface area contributed by atoms with Crippen LogP contribution in [0.15, 0.2) is 25.3 Å². The van der Waals surface area contributed by atoms with Crippen molar-refractivity contribution in [3.05, 3.63) is 25.3 Å². The number of piperidine rings is 1. The van der Waals surface area contributed by atoms with Crippen molar-refractivity contribution in [3.8, 4) is 0 Å². The molecule has 228 valence electrons. The van der Waals surface area contributed by atoms with Crippen molar-refractivity contribution in [1.82, 2.24) is 20.6 Å². The van der Waals surface area contributed by atoms with Gasteiger partial charge in [-0.05, 0) is 40.5 Å². The maximum atomic E-state index is 14.1. The molecule has 2 saturated heterocycles. The van der Waals surface area contributed by atoms with E-state index in [0.717, 1.165) is 25.7 Å². The quantitative estimate of drug-likeness (QED) is 0.338. The first-order valence-electron chi connectivity index (χ1n) is 15.0. The Morgan fingerprint density at radius 3 is 1.80 bits per heavy atom. The lowest BCUT2D eigenvalue weighted by Crippen LogP contribution is -2.70. The van der Waals surface area contributed by atoms with Crippen LogP contribution in [0.5, 0.6) is 0 Å². The van der Waals surface area contributed by atoms with Gasteiger partial charge in [0.2, 0.25) is 6.10 Å². The molecule has 3 amide bonds. The molecule has 9 nitrogen and oxygen atoms in total. The van der Waals surface area contributed by atoms with Crippen molar-refractivity contribution >= 4 is 17.7 Å². The smallest absolute Gasteiger partial charge is 0.261 e. The van der Waals surface area contributed by atoms with E-state index in [1.165, 1.54) is 32.1 Å². The summed E-state index contributed by atoms with van der Waals surface area (Å²) in [6, 6.07) is 0. The number of hydrogen-bond acceptors (Lipinski definition) is 6. The molecule has 2 N–H and O–H groups in total. The van der Waals surface area contributed by atoms with Gasteiger partial charge in [-0.15, -0.1) is 13.2 Å². The summed E-state index contributed by atoms with van der Waals surface area (Å²) in [5.74, 6) is -1.13. The van der Waals surface area contributed by atoms with Crippen LogP contribution >= 0.6 is 0 Å². The van der Waals surface area contributed by atoms with Crippen molar-refractivity contribution in [2.24, 2.45) is 0 Å². The average Bonchev–Trinajstić information content (AvgIpc) is 2.89. The Bertz CT molecular complexity index is 830. The van der Waals surface area contributed by atoms with Crippen molar-refractivity contribution in [3.63, 3.8) is 0 Å². The number of amides is 3. The molecule has 0 saturated carbocycles. The van der Waals surface area contributed by atoms with Gasteiger partial charge in [-0.2, -0.15) is 5.06 Å². The third-order valence-electron chi connectivity index (χ3n) is 7.82. The summed E-state index contributed by atoms with van der Waals surface area (Å²) in [6.07, 6.45) is 12.7. The molecule has 2 heterocycles. The molecule has 0 unspecified atom stereocenters. The highest BCUT2D eigenvalue weighted by Gasteiger charge is 2.59. The maximum absolute atomic E-state index is 14.1. The van der Waals surface area contributed by atoms with Crippen LogP contribution in [0, 0.1) is 0 Å². The molecule has 0 aromatic carbocycles. The zero-order valence-electron chi connectivity index (χ0n) is 25.7. The third kappa shape index (κ3) is 9.42. The van der Waals surface area contributed by atoms with E-state index in [9.17, 15) is 14.4 Å². The van der Waals surface area contributed by atoms with Gasteiger partial charge in [-0.25, -0.2) is 0 Å². The van der Waals surface area contributed by atoms with Gasteiger partial charge in [0.1, 0.15) is 5.60 Å². The molecule has 2 aliphatic rings. The number of carbonyl (C=O) groups excluding carboxylic acids is 3. The SMILES string of the molecule is C=CCNC(=O)C(ON1C(C)(C)CC2(CC1(C)C)OCCCCCCCCCCCN(C)C2=O)C(=O)NCC=C. The predicted molar refractivity (Wildman–Crippen MR) is 158 cm³/mol. The summed E-state index contributed by atoms with van der Waals surface area (Å²) in [6.45, 7) is 16.8. The van der Waals surface area contributed by atoms with Crippen molar-refractivity contribution in [1.29, 1.82) is 0 Å². The topological polar surface area (TPSA) is 100 Å². The van der Waals surface area contributed by atoms with Crippen molar-refractivity contribution in [2.75, 3.05) is 33.3 Å². The van der Waals surface area contributed by atoms with Gasteiger partial charge in [0.25, 0.3) is 17.7 Å². The Labute approximate surface area is 242 Å². The van der Waals surface area contributed by atoms with Gasteiger partial charge in [0.05, 0.1) is 0 Å². The largest absolute Gasteiger partial charge is 0.365 e. The van der Waals surface area contributed by atoms with Gasteiger partial charge < -0.3 is 20.3 Å². The molecule has 0 bridgehead atoms. The van der Waals surface area contributed by atoms with Crippen LogP contribution in [0.2, 0.25) is 0 Å². The number of ether oxygens (including phenoxy) is 1. The first-order valence-corrected chi connectivity index (χ1v) is 15.0. The highest BCUT2D eigenvalue weighted by atomic mass is 16.7. The zero-order chi connectivity index (χ0) is 29.8. The van der Waals surface area contributed by atoms with E-state index in [2.05, 4.69) is 23.8 Å². The molecule has 2 aliphatic heterocycles. The first kappa shape index (κ1) is 34.0. The molecular formula is C31H54N4O5. The molecule has 0 atom stereocenters. The molecule has 0 aliphatic carbocycles. The summed E-state index contributed by atoms with van der Waals surface area (Å²) >= 11 is 0. The minimum atomic E-state index is -1.42. The maximum Gasteiger partial charge on any atom is 0.261 e. The molecule has 1 spiro atoms. The second-order valence-corrected chi connectivity index (χ2v) is 12.6. The molecule has 0 aromatic rings. The number of carbonyl (C=O) groups is 3. The summed E-state index contributed by atoms with van der Waals surface area (Å²) < 4.78 is 6.60. The highest BCUT2D eigenvalue weighted by Crippen LogP contribution is 2.47. The standard InChI is InChI=1S/C31H54N4O5/c1-8-19-32-26(36)25(27(37)33-20-9-2)40-35-29(3,4)23-31(24-30(35,5)6)28(38)34(7)21-17-15-13-11-10-12-14-16-18-22-39-31/h8-9,25H,1-2,10-24H2,3-7H3,(H,32,36)(H,33,37). The third-order valence-corrected chi connectivity index (χ3v) is 7.82. The Hall–Kier alpha value is -2.23. The van der Waals surface area contributed by atoms with E-state index in [4.69, 9.17) is 9.57 Å². The van der Waals surface area contributed by atoms with E-state index in [0.29, 0.717) is 26.0 Å². The van der Waals surface area contributed by atoms with Gasteiger partial charge in [-0.1, -0.05) is 57.1 Å². The van der Waals surface area contributed by atoms with E-state index in [1.807, 2.05) is 39.6 Å². The second kappa shape index (κ2) is 15.7. The van der Waals surface area contributed by atoms with E-state index in [1.54, 1.807) is 17.2 Å². The van der Waals surface area contributed by atoms with Crippen molar-refractivity contribution < 1.29 is 24.0 Å². The molecule has 0 aromatic heterocycles. The number of hydroxylamine groups is 2. The Kier molecular flexibility index (Phi) is 13.3. The Morgan fingerprint density at radius 2 is 1.32 bits per heavy atom. The molecule has 2 fully saturated rings. The van der Waals surface area contributed by atoms with Crippen molar-refractivity contribution in [2.45, 2.75) is 121 Å². The van der Waals surface area contributed by atoms with Gasteiger partial charge >= 0.3 is 0 Å². The van der Waals surface area contributed by atoms with Crippen LogP contribution in [0.25, 0.3) is 0 Å². The number of nitrogens with zero attached hydrogens (tertiary/aromatic N) is 2. The van der Waals surface area contributed by atoms with E-state index >= 15 is 0 Å². The van der Waals surface area contributed by atoms with Crippen LogP contribution in [0.1, 0.15) is 98.3 Å². The lowest BCUT2D eigenvalue weighted by atomic mass is 9.71. The lowest BCUT2D eigenvalue weighted by molar-refractivity contribution is -0.316. The zero-order valence-corrected chi connectivity index (χ0v) is 25.7. The fourth-order valence-corrected chi connectivity index (χ4v) is 6.28. The van der Waals surface area contributed by atoms with Crippen LogP contribution in [0.4, 0.5) is 0 Å². The summed E-state index contributed by atoms with van der Waals surface area (Å²) in [5, 5.41) is 7.08. The predicted octanol–water partition coefficient (Wildman–Crippen LogP) is 4.28. The monoisotopic (exact) mass is 562 g/mol. The molecular weight excluding hydrogens is 508 g/mol. The van der Waals surface area contributed by atoms with Crippen LogP contribution in [0.3, 0.4) is 0 Å². The van der Waals surface area contributed by atoms with Gasteiger partial charge in [0, 0.05) is 57.2 Å². The van der Waals surface area contributed by atoms with Crippen LogP contribution in [-0.4, -0.2) is 83.8 Å². The van der Waals surface area contributed by atoms with Crippen LogP contribution < -0.4 is 10.6 Å². The lowest BCUT2D eigenvalue weighted by Gasteiger charge is -2.58. The Morgan fingerprint density at radius 1 is 0.875 bits per heavy atom. The summed E-state index contributed by atoms with van der Waals surface area (Å²) in [4.78, 5) is 48.2. The fraction of sp³-hybridized carbons (Fsp3) is 0.774. The molecule has 40 heavy (non-hydrogen) atoms. The molecule has 0 radical (unpaired) electrons. The second-order valence-electron chi connectivity index (χ2n) is 12.6. The number of likely N-dealkylation sites (N-methyl/N-ethyl adjacent to an activating group) is 1. The minimum absolute atomic E-state index is 0.00725.